The maximum atomic E-state index is 12.0. The van der Waals surface area contributed by atoms with Crippen LogP contribution in [0.4, 0.5) is 5.69 Å². The fourth-order valence-electron chi connectivity index (χ4n) is 2.14. The van der Waals surface area contributed by atoms with Gasteiger partial charge in [-0.15, -0.1) is 0 Å². The third-order valence-electron chi connectivity index (χ3n) is 3.47. The molecule has 0 unspecified atom stereocenters. The lowest BCUT2D eigenvalue weighted by molar-refractivity contribution is -0.119. The number of esters is 1. The Hall–Kier alpha value is -2.04. The predicted molar refractivity (Wildman–Crippen MR) is 101 cm³/mol. The summed E-state index contributed by atoms with van der Waals surface area (Å²) in [7, 11) is 0. The van der Waals surface area contributed by atoms with Crippen molar-refractivity contribution in [3.8, 4) is 0 Å². The van der Waals surface area contributed by atoms with Gasteiger partial charge in [-0.2, -0.15) is 0 Å². The summed E-state index contributed by atoms with van der Waals surface area (Å²) in [5, 5.41) is 3.38. The monoisotopic (exact) mass is 379 g/mol. The van der Waals surface area contributed by atoms with Gasteiger partial charge in [0.05, 0.1) is 5.56 Å². The van der Waals surface area contributed by atoms with Gasteiger partial charge < -0.3 is 10.1 Å². The molecule has 25 heavy (non-hydrogen) atoms. The molecule has 0 bridgehead atoms. The normalized spacial score (nSPS) is 11.1. The highest BCUT2D eigenvalue weighted by Gasteiger charge is 2.15. The molecule has 132 valence electrons. The predicted octanol–water partition coefficient (Wildman–Crippen LogP) is 5.09. The number of ether oxygens (including phenoxy) is 1. The van der Waals surface area contributed by atoms with Crippen molar-refractivity contribution in [2.24, 2.45) is 0 Å². The minimum atomic E-state index is -0.556. The maximum absolute atomic E-state index is 12.0. The molecular weight excluding hydrogens is 361 g/mol. The molecule has 0 fully saturated rings. The van der Waals surface area contributed by atoms with Crippen molar-refractivity contribution in [3.05, 3.63) is 63.6 Å². The van der Waals surface area contributed by atoms with Crippen LogP contribution in [0.25, 0.3) is 0 Å². The van der Waals surface area contributed by atoms with Gasteiger partial charge in [0.15, 0.2) is 6.61 Å². The third-order valence-corrected chi connectivity index (χ3v) is 3.90. The fraction of sp³-hybridized carbons (Fsp3) is 0.263. The summed E-state index contributed by atoms with van der Waals surface area (Å²) in [6, 6.07) is 11.8. The van der Waals surface area contributed by atoms with Gasteiger partial charge in [-0.1, -0.05) is 56.1 Å². The average molecular weight is 380 g/mol. The summed E-state index contributed by atoms with van der Waals surface area (Å²) < 4.78 is 5.03. The van der Waals surface area contributed by atoms with Crippen molar-refractivity contribution >= 4 is 40.8 Å². The smallest absolute Gasteiger partial charge is 0.338 e. The Labute approximate surface area is 157 Å². The molecule has 1 amide bonds. The quantitative estimate of drug-likeness (QED) is 0.752. The molecule has 2 aromatic carbocycles. The van der Waals surface area contributed by atoms with Gasteiger partial charge in [0.2, 0.25) is 0 Å². The average Bonchev–Trinajstić information content (AvgIpc) is 2.51. The number of rotatable bonds is 4. The maximum Gasteiger partial charge on any atom is 0.338 e. The van der Waals surface area contributed by atoms with E-state index in [1.807, 2.05) is 12.1 Å². The van der Waals surface area contributed by atoms with Crippen molar-refractivity contribution in [1.82, 2.24) is 0 Å². The topological polar surface area (TPSA) is 55.4 Å². The molecule has 0 atom stereocenters. The molecule has 6 heteroatoms. The molecule has 2 aromatic rings. The minimum Gasteiger partial charge on any atom is -0.452 e. The number of nitrogens with one attached hydrogen (secondary N) is 1. The molecule has 0 aromatic heterocycles. The SMILES string of the molecule is CC(C)(C)c1ccc(C(=O)OCC(=O)Nc2cc(Cl)cc(Cl)c2)cc1. The van der Waals surface area contributed by atoms with E-state index in [4.69, 9.17) is 27.9 Å². The molecule has 0 aliphatic rings. The van der Waals surface area contributed by atoms with E-state index in [1.54, 1.807) is 30.3 Å². The van der Waals surface area contributed by atoms with Crippen LogP contribution in [0.3, 0.4) is 0 Å². The Morgan fingerprint density at radius 1 is 1.00 bits per heavy atom. The zero-order chi connectivity index (χ0) is 18.6. The number of hydrogen-bond donors (Lipinski definition) is 1. The number of benzene rings is 2. The van der Waals surface area contributed by atoms with Crippen LogP contribution in [0.2, 0.25) is 10.0 Å². The van der Waals surface area contributed by atoms with Crippen molar-refractivity contribution in [1.29, 1.82) is 0 Å². The van der Waals surface area contributed by atoms with E-state index in [2.05, 4.69) is 26.1 Å². The molecule has 0 saturated heterocycles. The Morgan fingerprint density at radius 3 is 2.08 bits per heavy atom. The summed E-state index contributed by atoms with van der Waals surface area (Å²) >= 11 is 11.7. The lowest BCUT2D eigenvalue weighted by Crippen LogP contribution is -2.21. The van der Waals surface area contributed by atoms with Crippen molar-refractivity contribution in [2.75, 3.05) is 11.9 Å². The number of hydrogen-bond acceptors (Lipinski definition) is 3. The highest BCUT2D eigenvalue weighted by molar-refractivity contribution is 6.35. The summed E-state index contributed by atoms with van der Waals surface area (Å²) in [6.07, 6.45) is 0. The zero-order valence-electron chi connectivity index (χ0n) is 14.2. The summed E-state index contributed by atoms with van der Waals surface area (Å²) in [5.41, 5.74) is 1.94. The molecular formula is C19H19Cl2NO3. The lowest BCUT2D eigenvalue weighted by Gasteiger charge is -2.18. The third kappa shape index (κ3) is 5.76. The number of amides is 1. The van der Waals surface area contributed by atoms with Gasteiger partial charge in [-0.25, -0.2) is 4.79 Å². The zero-order valence-corrected chi connectivity index (χ0v) is 15.7. The number of halogens is 2. The van der Waals surface area contributed by atoms with Gasteiger partial charge in [0.1, 0.15) is 0 Å². The van der Waals surface area contributed by atoms with E-state index >= 15 is 0 Å². The first kappa shape index (κ1) is 19.3. The molecule has 0 spiro atoms. The number of carbonyl (C=O) groups is 2. The summed E-state index contributed by atoms with van der Waals surface area (Å²) in [4.78, 5) is 23.9. The highest BCUT2D eigenvalue weighted by Crippen LogP contribution is 2.23. The highest BCUT2D eigenvalue weighted by atomic mass is 35.5. The second-order valence-corrected chi connectivity index (χ2v) is 7.48. The van der Waals surface area contributed by atoms with Crippen LogP contribution in [0.5, 0.6) is 0 Å². The van der Waals surface area contributed by atoms with E-state index < -0.39 is 18.5 Å². The fourth-order valence-corrected chi connectivity index (χ4v) is 2.67. The first-order chi connectivity index (χ1) is 11.6. The van der Waals surface area contributed by atoms with Gasteiger partial charge in [-0.05, 0) is 41.3 Å². The second-order valence-electron chi connectivity index (χ2n) is 6.61. The molecule has 1 N–H and O–H groups in total. The van der Waals surface area contributed by atoms with Crippen LogP contribution in [-0.2, 0) is 14.9 Å². The van der Waals surface area contributed by atoms with Crippen LogP contribution in [0, 0.1) is 0 Å². The van der Waals surface area contributed by atoms with Crippen LogP contribution in [-0.4, -0.2) is 18.5 Å². The number of carbonyl (C=O) groups excluding carboxylic acids is 2. The second kappa shape index (κ2) is 7.89. The van der Waals surface area contributed by atoms with Gasteiger partial charge in [0.25, 0.3) is 5.91 Å². The van der Waals surface area contributed by atoms with E-state index in [1.165, 1.54) is 0 Å². The van der Waals surface area contributed by atoms with Crippen molar-refractivity contribution in [2.45, 2.75) is 26.2 Å². The summed E-state index contributed by atoms with van der Waals surface area (Å²) in [5.74, 6) is -1.03. The summed E-state index contributed by atoms with van der Waals surface area (Å²) in [6.45, 7) is 5.87. The molecule has 0 aliphatic heterocycles. The minimum absolute atomic E-state index is 0.000548. The number of anilines is 1. The van der Waals surface area contributed by atoms with Crippen LogP contribution in [0.15, 0.2) is 42.5 Å². The Balaban J connectivity index is 1.91. The Morgan fingerprint density at radius 2 is 1.56 bits per heavy atom. The standard InChI is InChI=1S/C19H19Cl2NO3/c1-19(2,3)13-6-4-12(5-7-13)18(24)25-11-17(23)22-16-9-14(20)8-15(21)10-16/h4-10H,11H2,1-3H3,(H,22,23). The van der Waals surface area contributed by atoms with E-state index in [0.717, 1.165) is 5.56 Å². The van der Waals surface area contributed by atoms with Crippen molar-refractivity contribution in [3.63, 3.8) is 0 Å². The van der Waals surface area contributed by atoms with E-state index in [-0.39, 0.29) is 5.41 Å². The first-order valence-corrected chi connectivity index (χ1v) is 8.44. The van der Waals surface area contributed by atoms with Gasteiger partial charge in [0, 0.05) is 15.7 Å². The lowest BCUT2D eigenvalue weighted by atomic mass is 9.87. The van der Waals surface area contributed by atoms with Crippen molar-refractivity contribution < 1.29 is 14.3 Å². The van der Waals surface area contributed by atoms with Crippen LogP contribution in [0.1, 0.15) is 36.7 Å². The van der Waals surface area contributed by atoms with E-state index in [0.29, 0.717) is 21.3 Å². The molecule has 0 heterocycles. The van der Waals surface area contributed by atoms with Gasteiger partial charge in [-0.3, -0.25) is 4.79 Å². The molecule has 0 aliphatic carbocycles. The Bertz CT molecular complexity index is 760. The van der Waals surface area contributed by atoms with E-state index in [9.17, 15) is 9.59 Å². The molecule has 0 radical (unpaired) electrons. The first-order valence-electron chi connectivity index (χ1n) is 7.69. The van der Waals surface area contributed by atoms with Crippen LogP contribution >= 0.6 is 23.2 Å². The van der Waals surface area contributed by atoms with Crippen LogP contribution < -0.4 is 5.32 Å². The largest absolute Gasteiger partial charge is 0.452 e. The Kier molecular flexibility index (Phi) is 6.09. The molecule has 2 rings (SSSR count). The molecule has 0 saturated carbocycles. The van der Waals surface area contributed by atoms with Gasteiger partial charge >= 0.3 is 5.97 Å². The molecule has 4 nitrogen and oxygen atoms in total.